The minimum absolute atomic E-state index is 0.0162. The number of methoxy groups -OCH3 is 1. The zero-order valence-corrected chi connectivity index (χ0v) is 13.0. The van der Waals surface area contributed by atoms with Gasteiger partial charge in [0.25, 0.3) is 0 Å². The lowest BCUT2D eigenvalue weighted by Gasteiger charge is -2.27. The van der Waals surface area contributed by atoms with Crippen molar-refractivity contribution >= 4 is 19.7 Å². The van der Waals surface area contributed by atoms with Gasteiger partial charge in [-0.05, 0) is 37.1 Å². The molecule has 1 aliphatic rings. The molecule has 112 valence electrons. The number of benzene rings is 1. The van der Waals surface area contributed by atoms with Crippen molar-refractivity contribution in [3.05, 3.63) is 24.3 Å². The van der Waals surface area contributed by atoms with Gasteiger partial charge in [0.05, 0.1) is 19.5 Å². The fourth-order valence-electron chi connectivity index (χ4n) is 2.73. The summed E-state index contributed by atoms with van der Waals surface area (Å²) < 4.78 is 33.6. The van der Waals surface area contributed by atoms with Crippen LogP contribution in [-0.2, 0) is 9.05 Å². The van der Waals surface area contributed by atoms with E-state index in [1.165, 1.54) is 0 Å². The number of rotatable bonds is 6. The first-order valence-corrected chi connectivity index (χ1v) is 9.10. The lowest BCUT2D eigenvalue weighted by molar-refractivity contribution is 0.171. The Labute approximate surface area is 124 Å². The van der Waals surface area contributed by atoms with Gasteiger partial charge >= 0.3 is 0 Å². The maximum atomic E-state index is 11.4. The molecule has 1 fully saturated rings. The maximum Gasteiger partial charge on any atom is 0.233 e. The lowest BCUT2D eigenvalue weighted by Crippen LogP contribution is -2.32. The van der Waals surface area contributed by atoms with E-state index in [4.69, 9.17) is 20.2 Å². The largest absolute Gasteiger partial charge is 0.497 e. The Morgan fingerprint density at radius 1 is 1.15 bits per heavy atom. The van der Waals surface area contributed by atoms with Crippen LogP contribution in [0, 0.1) is 5.41 Å². The average molecular weight is 319 g/mol. The number of hydrogen-bond acceptors (Lipinski definition) is 4. The van der Waals surface area contributed by atoms with Crippen molar-refractivity contribution in [1.29, 1.82) is 0 Å². The zero-order valence-electron chi connectivity index (χ0n) is 11.5. The first-order valence-electron chi connectivity index (χ1n) is 6.62. The first-order chi connectivity index (χ1) is 9.42. The van der Waals surface area contributed by atoms with Crippen LogP contribution < -0.4 is 9.47 Å². The summed E-state index contributed by atoms with van der Waals surface area (Å²) in [7, 11) is 3.52. The fourth-order valence-corrected chi connectivity index (χ4v) is 4.53. The van der Waals surface area contributed by atoms with Crippen molar-refractivity contribution in [3.8, 4) is 11.5 Å². The summed E-state index contributed by atoms with van der Waals surface area (Å²) in [5.74, 6) is 1.46. The van der Waals surface area contributed by atoms with E-state index in [0.29, 0.717) is 12.4 Å². The normalized spacial score (nSPS) is 17.9. The maximum absolute atomic E-state index is 11.4. The molecule has 2 rings (SSSR count). The Morgan fingerprint density at radius 3 is 2.20 bits per heavy atom. The Kier molecular flexibility index (Phi) is 4.81. The smallest absolute Gasteiger partial charge is 0.233 e. The molecule has 1 aromatic rings. The molecule has 0 saturated heterocycles. The van der Waals surface area contributed by atoms with E-state index in [1.54, 1.807) is 7.11 Å². The van der Waals surface area contributed by atoms with Crippen molar-refractivity contribution in [2.24, 2.45) is 5.41 Å². The Balaban J connectivity index is 2.01. The van der Waals surface area contributed by atoms with Gasteiger partial charge < -0.3 is 9.47 Å². The van der Waals surface area contributed by atoms with Crippen molar-refractivity contribution in [2.45, 2.75) is 25.7 Å². The van der Waals surface area contributed by atoms with E-state index >= 15 is 0 Å². The molecule has 0 atom stereocenters. The van der Waals surface area contributed by atoms with Crippen molar-refractivity contribution in [1.82, 2.24) is 0 Å². The second-order valence-corrected chi connectivity index (χ2v) is 8.13. The summed E-state index contributed by atoms with van der Waals surface area (Å²) in [4.78, 5) is 0. The molecule has 4 nitrogen and oxygen atoms in total. The fraction of sp³-hybridized carbons (Fsp3) is 0.571. The van der Waals surface area contributed by atoms with Crippen molar-refractivity contribution in [2.75, 3.05) is 19.5 Å². The minimum Gasteiger partial charge on any atom is -0.497 e. The summed E-state index contributed by atoms with van der Waals surface area (Å²) in [6.07, 6.45) is 3.74. The van der Waals surface area contributed by atoms with Gasteiger partial charge in [-0.2, -0.15) is 0 Å². The van der Waals surface area contributed by atoms with Crippen LogP contribution >= 0.6 is 10.7 Å². The monoisotopic (exact) mass is 318 g/mol. The van der Waals surface area contributed by atoms with Crippen LogP contribution in [0.3, 0.4) is 0 Å². The van der Waals surface area contributed by atoms with E-state index in [-0.39, 0.29) is 11.2 Å². The molecule has 0 amide bonds. The Morgan fingerprint density at radius 2 is 1.70 bits per heavy atom. The van der Waals surface area contributed by atoms with Crippen LogP contribution in [0.25, 0.3) is 0 Å². The topological polar surface area (TPSA) is 52.6 Å². The van der Waals surface area contributed by atoms with Gasteiger partial charge in [0.15, 0.2) is 0 Å². The standard InChI is InChI=1S/C14H19ClO4S/c1-18-12-4-6-13(7-5-12)19-10-14(8-2-3-9-14)11-20(15,16)17/h4-7H,2-3,8-11H2,1H3. The molecule has 1 aromatic carbocycles. The zero-order chi connectivity index (χ0) is 14.6. The number of ether oxygens (including phenoxy) is 2. The van der Waals surface area contributed by atoms with Gasteiger partial charge in [0, 0.05) is 16.1 Å². The SMILES string of the molecule is COc1ccc(OCC2(CS(=O)(=O)Cl)CCCC2)cc1. The number of hydrogen-bond donors (Lipinski definition) is 0. The summed E-state index contributed by atoms with van der Waals surface area (Å²) in [6, 6.07) is 7.26. The molecule has 20 heavy (non-hydrogen) atoms. The third-order valence-electron chi connectivity index (χ3n) is 3.75. The summed E-state index contributed by atoms with van der Waals surface area (Å²) in [5, 5.41) is 0. The Bertz CT molecular complexity index is 533. The third-order valence-corrected chi connectivity index (χ3v) is 5.03. The molecule has 0 bridgehead atoms. The Hall–Kier alpha value is -0.940. The van der Waals surface area contributed by atoms with Crippen LogP contribution in [0.4, 0.5) is 0 Å². The van der Waals surface area contributed by atoms with Gasteiger partial charge in [-0.3, -0.25) is 0 Å². The highest BCUT2D eigenvalue weighted by atomic mass is 35.7. The molecule has 0 N–H and O–H groups in total. The van der Waals surface area contributed by atoms with Crippen molar-refractivity contribution < 1.29 is 17.9 Å². The molecular formula is C14H19ClO4S. The predicted octanol–water partition coefficient (Wildman–Crippen LogP) is 3.20. The van der Waals surface area contributed by atoms with Gasteiger partial charge in [-0.25, -0.2) is 8.42 Å². The minimum atomic E-state index is -3.51. The third kappa shape index (κ3) is 4.28. The molecular weight excluding hydrogens is 300 g/mol. The quantitative estimate of drug-likeness (QED) is 0.756. The first kappa shape index (κ1) is 15.4. The highest BCUT2D eigenvalue weighted by Gasteiger charge is 2.38. The molecule has 0 aliphatic heterocycles. The van der Waals surface area contributed by atoms with E-state index in [1.807, 2.05) is 24.3 Å². The molecule has 0 spiro atoms. The predicted molar refractivity (Wildman–Crippen MR) is 79.0 cm³/mol. The molecule has 0 unspecified atom stereocenters. The van der Waals surface area contributed by atoms with E-state index in [9.17, 15) is 8.42 Å². The summed E-state index contributed by atoms with van der Waals surface area (Å²) >= 11 is 0. The van der Waals surface area contributed by atoms with E-state index in [2.05, 4.69) is 0 Å². The highest BCUT2D eigenvalue weighted by Crippen LogP contribution is 2.40. The second kappa shape index (κ2) is 6.22. The highest BCUT2D eigenvalue weighted by molar-refractivity contribution is 8.13. The van der Waals surface area contributed by atoms with Gasteiger partial charge in [0.2, 0.25) is 9.05 Å². The van der Waals surface area contributed by atoms with E-state index in [0.717, 1.165) is 31.4 Å². The summed E-state index contributed by atoms with van der Waals surface area (Å²) in [6.45, 7) is 0.380. The van der Waals surface area contributed by atoms with Gasteiger partial charge in [-0.15, -0.1) is 0 Å². The molecule has 1 aliphatic carbocycles. The van der Waals surface area contributed by atoms with Crippen molar-refractivity contribution in [3.63, 3.8) is 0 Å². The molecule has 0 heterocycles. The van der Waals surface area contributed by atoms with Crippen LogP contribution in [0.5, 0.6) is 11.5 Å². The molecule has 0 radical (unpaired) electrons. The summed E-state index contributed by atoms with van der Waals surface area (Å²) in [5.41, 5.74) is -0.347. The van der Waals surface area contributed by atoms with Gasteiger partial charge in [-0.1, -0.05) is 12.8 Å². The van der Waals surface area contributed by atoms with Crippen LogP contribution in [-0.4, -0.2) is 27.9 Å². The van der Waals surface area contributed by atoms with Crippen LogP contribution in [0.15, 0.2) is 24.3 Å². The van der Waals surface area contributed by atoms with Gasteiger partial charge in [0.1, 0.15) is 11.5 Å². The lowest BCUT2D eigenvalue weighted by atomic mass is 9.90. The number of halogens is 1. The van der Waals surface area contributed by atoms with Crippen LogP contribution in [0.1, 0.15) is 25.7 Å². The molecule has 6 heteroatoms. The van der Waals surface area contributed by atoms with E-state index < -0.39 is 9.05 Å². The molecule has 1 saturated carbocycles. The molecule has 0 aromatic heterocycles. The average Bonchev–Trinajstić information content (AvgIpc) is 2.84. The van der Waals surface area contributed by atoms with Crippen LogP contribution in [0.2, 0.25) is 0 Å². The second-order valence-electron chi connectivity index (χ2n) is 5.35.